The summed E-state index contributed by atoms with van der Waals surface area (Å²) in [5, 5.41) is 12.4. The van der Waals surface area contributed by atoms with E-state index >= 15 is 0 Å². The van der Waals surface area contributed by atoms with Gasteiger partial charge >= 0.3 is 0 Å². The maximum absolute atomic E-state index is 12.5. The fraction of sp³-hybridized carbons (Fsp3) is 0.929. The summed E-state index contributed by atoms with van der Waals surface area (Å²) in [5.41, 5.74) is 5.50. The summed E-state index contributed by atoms with van der Waals surface area (Å²) >= 11 is 1.58. The van der Waals surface area contributed by atoms with Crippen molar-refractivity contribution in [2.45, 2.75) is 50.8 Å². The summed E-state index contributed by atoms with van der Waals surface area (Å²) in [4.78, 5) is 12.5. The fourth-order valence-corrected chi connectivity index (χ4v) is 3.35. The van der Waals surface area contributed by atoms with Crippen molar-refractivity contribution in [1.82, 2.24) is 5.32 Å². The summed E-state index contributed by atoms with van der Waals surface area (Å²) in [5.74, 6) is 0.767. The van der Waals surface area contributed by atoms with Crippen LogP contribution in [0.3, 0.4) is 0 Å². The van der Waals surface area contributed by atoms with Gasteiger partial charge in [-0.3, -0.25) is 4.79 Å². The molecule has 0 radical (unpaired) electrons. The Hall–Kier alpha value is -0.260. The van der Waals surface area contributed by atoms with Gasteiger partial charge in [-0.2, -0.15) is 11.8 Å². The molecule has 0 saturated heterocycles. The smallest absolute Gasteiger partial charge is 0.227 e. The minimum Gasteiger partial charge on any atom is -0.395 e. The minimum atomic E-state index is -0.390. The third kappa shape index (κ3) is 4.10. The van der Waals surface area contributed by atoms with Crippen LogP contribution in [0.4, 0.5) is 0 Å². The first-order valence-corrected chi connectivity index (χ1v) is 8.42. The lowest BCUT2D eigenvalue weighted by Crippen LogP contribution is -2.52. The second kappa shape index (κ2) is 7.50. The van der Waals surface area contributed by atoms with E-state index in [4.69, 9.17) is 5.73 Å². The predicted molar refractivity (Wildman–Crippen MR) is 81.1 cm³/mol. The van der Waals surface area contributed by atoms with Crippen LogP contribution in [0, 0.1) is 11.3 Å². The zero-order chi connectivity index (χ0) is 14.5. The molecule has 0 heterocycles. The van der Waals surface area contributed by atoms with Gasteiger partial charge in [-0.1, -0.05) is 6.92 Å². The molecule has 4 N–H and O–H groups in total. The van der Waals surface area contributed by atoms with Crippen molar-refractivity contribution in [2.24, 2.45) is 17.1 Å². The van der Waals surface area contributed by atoms with E-state index in [1.165, 1.54) is 0 Å². The van der Waals surface area contributed by atoms with Crippen LogP contribution in [-0.4, -0.2) is 41.7 Å². The van der Waals surface area contributed by atoms with E-state index in [1.807, 2.05) is 13.2 Å². The van der Waals surface area contributed by atoms with Gasteiger partial charge in [0.25, 0.3) is 0 Å². The number of aliphatic hydroxyl groups is 1. The van der Waals surface area contributed by atoms with E-state index in [1.54, 1.807) is 11.8 Å². The summed E-state index contributed by atoms with van der Waals surface area (Å²) < 4.78 is 0. The quantitative estimate of drug-likeness (QED) is 0.690. The number of rotatable bonds is 6. The number of amides is 1. The van der Waals surface area contributed by atoms with E-state index < -0.39 is 0 Å². The van der Waals surface area contributed by atoms with Gasteiger partial charge in [0.15, 0.2) is 0 Å². The Morgan fingerprint density at radius 3 is 2.53 bits per heavy atom. The maximum atomic E-state index is 12.5. The van der Waals surface area contributed by atoms with E-state index in [0.717, 1.165) is 25.7 Å². The Kier molecular flexibility index (Phi) is 6.63. The molecule has 1 fully saturated rings. The largest absolute Gasteiger partial charge is 0.395 e. The van der Waals surface area contributed by atoms with E-state index in [9.17, 15) is 9.90 Å². The average molecular weight is 288 g/mol. The zero-order valence-corrected chi connectivity index (χ0v) is 13.1. The lowest BCUT2D eigenvalue weighted by Gasteiger charge is -2.38. The van der Waals surface area contributed by atoms with Crippen LogP contribution in [0.1, 0.15) is 39.5 Å². The fourth-order valence-electron chi connectivity index (χ4n) is 2.73. The maximum Gasteiger partial charge on any atom is 0.227 e. The highest BCUT2D eigenvalue weighted by Gasteiger charge is 2.40. The molecule has 1 amide bonds. The van der Waals surface area contributed by atoms with Crippen LogP contribution in [0.5, 0.6) is 0 Å². The summed E-state index contributed by atoms with van der Waals surface area (Å²) in [6, 6.07) is -0.0322. The molecular weight excluding hydrogens is 260 g/mol. The normalized spacial score (nSPS) is 30.7. The second-order valence-corrected chi connectivity index (χ2v) is 6.96. The molecule has 19 heavy (non-hydrogen) atoms. The molecule has 4 nitrogen and oxygen atoms in total. The van der Waals surface area contributed by atoms with Gasteiger partial charge in [0.05, 0.1) is 12.0 Å². The van der Waals surface area contributed by atoms with Crippen LogP contribution < -0.4 is 11.1 Å². The van der Waals surface area contributed by atoms with Crippen molar-refractivity contribution in [3.05, 3.63) is 0 Å². The van der Waals surface area contributed by atoms with Gasteiger partial charge in [0.1, 0.15) is 0 Å². The summed E-state index contributed by atoms with van der Waals surface area (Å²) in [6.07, 6.45) is 5.86. The highest BCUT2D eigenvalue weighted by molar-refractivity contribution is 7.99. The van der Waals surface area contributed by atoms with Crippen molar-refractivity contribution >= 4 is 17.7 Å². The highest BCUT2D eigenvalue weighted by Crippen LogP contribution is 2.38. The summed E-state index contributed by atoms with van der Waals surface area (Å²) in [6.45, 7) is 4.68. The molecule has 0 aromatic rings. The van der Waals surface area contributed by atoms with E-state index in [-0.39, 0.29) is 29.2 Å². The first kappa shape index (κ1) is 16.8. The van der Waals surface area contributed by atoms with Crippen molar-refractivity contribution in [3.63, 3.8) is 0 Å². The van der Waals surface area contributed by atoms with Crippen molar-refractivity contribution < 1.29 is 9.90 Å². The average Bonchev–Trinajstić information content (AvgIpc) is 2.41. The van der Waals surface area contributed by atoms with Crippen LogP contribution in [-0.2, 0) is 4.79 Å². The van der Waals surface area contributed by atoms with E-state index in [2.05, 4.69) is 12.2 Å². The molecule has 0 spiro atoms. The number of thioether (sulfide) groups is 1. The zero-order valence-electron chi connectivity index (χ0n) is 12.3. The number of nitrogens with two attached hydrogens (primary N) is 1. The number of aliphatic hydroxyl groups excluding tert-OH is 1. The minimum absolute atomic E-state index is 0.0322. The Morgan fingerprint density at radius 1 is 1.53 bits per heavy atom. The molecule has 0 bridgehead atoms. The number of carbonyl (C=O) groups excluding carboxylic acids is 1. The molecular formula is C14H28N2O2S. The molecule has 2 atom stereocenters. The Morgan fingerprint density at radius 2 is 2.11 bits per heavy atom. The molecule has 2 unspecified atom stereocenters. The third-order valence-corrected chi connectivity index (χ3v) is 5.67. The Bertz CT molecular complexity index is 287. The molecule has 0 aromatic carbocycles. The van der Waals surface area contributed by atoms with Gasteiger partial charge in [-0.15, -0.1) is 0 Å². The standard InChI is InChI=1S/C14H28N2O2S/c1-10-4-6-14(9-15,7-5-10)13(18)16-11(2)12(8-17)19-3/h10-12,17H,4-9,15H2,1-3H3,(H,16,18). The molecule has 1 aliphatic carbocycles. The molecule has 5 heteroatoms. The van der Waals surface area contributed by atoms with Crippen molar-refractivity contribution in [3.8, 4) is 0 Å². The first-order valence-electron chi connectivity index (χ1n) is 7.13. The molecule has 1 rings (SSSR count). The molecule has 0 aliphatic heterocycles. The van der Waals surface area contributed by atoms with Crippen LogP contribution >= 0.6 is 11.8 Å². The molecule has 0 aromatic heterocycles. The monoisotopic (exact) mass is 288 g/mol. The number of carbonyl (C=O) groups is 1. The van der Waals surface area contributed by atoms with Gasteiger partial charge < -0.3 is 16.2 Å². The third-order valence-electron chi connectivity index (χ3n) is 4.50. The molecule has 112 valence electrons. The van der Waals surface area contributed by atoms with Gasteiger partial charge in [-0.25, -0.2) is 0 Å². The number of hydrogen-bond acceptors (Lipinski definition) is 4. The van der Waals surface area contributed by atoms with E-state index in [0.29, 0.717) is 12.5 Å². The second-order valence-electron chi connectivity index (χ2n) is 5.89. The van der Waals surface area contributed by atoms with Gasteiger partial charge in [0.2, 0.25) is 5.91 Å². The molecule has 1 saturated carbocycles. The van der Waals surface area contributed by atoms with Crippen LogP contribution in [0.15, 0.2) is 0 Å². The lowest BCUT2D eigenvalue weighted by atomic mass is 9.70. The Balaban J connectivity index is 2.64. The number of hydrogen-bond donors (Lipinski definition) is 3. The van der Waals surface area contributed by atoms with Gasteiger partial charge in [0, 0.05) is 17.8 Å². The van der Waals surface area contributed by atoms with Crippen LogP contribution in [0.2, 0.25) is 0 Å². The van der Waals surface area contributed by atoms with Gasteiger partial charge in [-0.05, 0) is 44.8 Å². The highest BCUT2D eigenvalue weighted by atomic mass is 32.2. The van der Waals surface area contributed by atoms with Crippen LogP contribution in [0.25, 0.3) is 0 Å². The lowest BCUT2D eigenvalue weighted by molar-refractivity contribution is -0.133. The first-order chi connectivity index (χ1) is 8.99. The predicted octanol–water partition coefficient (Wildman–Crippen LogP) is 1.37. The molecule has 1 aliphatic rings. The number of nitrogens with one attached hydrogen (secondary N) is 1. The SMILES string of the molecule is CSC(CO)C(C)NC(=O)C1(CN)CCC(C)CC1. The Labute approximate surface area is 120 Å². The van der Waals surface area contributed by atoms with Crippen molar-refractivity contribution in [2.75, 3.05) is 19.4 Å². The topological polar surface area (TPSA) is 75.3 Å². The summed E-state index contributed by atoms with van der Waals surface area (Å²) in [7, 11) is 0. The van der Waals surface area contributed by atoms with Crippen molar-refractivity contribution in [1.29, 1.82) is 0 Å².